The Bertz CT molecular complexity index is 5070. The molecule has 0 fully saturated rings. The molecule has 0 unspecified atom stereocenters. The van der Waals surface area contributed by atoms with Crippen molar-refractivity contribution in [1.29, 1.82) is 0 Å². The number of aromatic nitrogens is 4. The number of aromatic carboxylic acids is 10. The number of nitrogens with zero attached hydrogens (tertiary/aromatic N) is 4. The summed E-state index contributed by atoms with van der Waals surface area (Å²) in [5.74, 6) is -12.8. The van der Waals surface area contributed by atoms with Crippen LogP contribution >= 0.6 is 232 Å². The minimum absolute atomic E-state index is 0. The molecule has 730 valence electrons. The number of carboxylic acid groups (broad SMARTS) is 10. The van der Waals surface area contributed by atoms with Gasteiger partial charge in [0, 0.05) is 219 Å². The van der Waals surface area contributed by atoms with Crippen LogP contribution in [0.15, 0.2) is 280 Å². The largest absolute Gasteiger partial charge is 3.00 e. The monoisotopic (exact) mass is 2650 g/mol. The molecule has 4 aromatic heterocycles. The van der Waals surface area contributed by atoms with E-state index in [0.717, 1.165) is 22.8 Å². The molecule has 0 amide bonds. The summed E-state index contributed by atoms with van der Waals surface area (Å²) in [7, 11) is 0. The van der Waals surface area contributed by atoms with E-state index in [1.807, 2.05) is 72.8 Å². The fraction of sp³-hybridized carbons (Fsp3) is 0. The van der Waals surface area contributed by atoms with Gasteiger partial charge in [0.25, 0.3) is 0 Å². The van der Waals surface area contributed by atoms with Gasteiger partial charge in [-0.15, -0.1) is 0 Å². The van der Waals surface area contributed by atoms with Gasteiger partial charge in [0.2, 0.25) is 0 Å². The summed E-state index contributed by atoms with van der Waals surface area (Å²) in [6, 6.07) is 63.3. The standard InChI is InChI=1S/2C10H8N2.10C7H4Cl2O2.2Ho.2Ni/c2*1-3-7-11-9(5-1)10-6-2-4-8-12-10;10*8-5-1-4(7(10)11)2-6(9)3-5;;;;/h2*1-8H;10*1-3H,(H,10,11);;;;/q;;;;;;;;;;;;;+3;+2;+3/p-10. The molecule has 4 heterocycles. The van der Waals surface area contributed by atoms with E-state index in [1.54, 1.807) is 24.8 Å². The minimum Gasteiger partial charge on any atom is -0.545 e. The molecule has 0 bridgehead atoms. The van der Waals surface area contributed by atoms with Crippen molar-refractivity contribution in [1.82, 2.24) is 19.9 Å². The van der Waals surface area contributed by atoms with Gasteiger partial charge >= 0.3 is 70.7 Å². The van der Waals surface area contributed by atoms with E-state index in [-0.39, 0.29) is 265 Å². The van der Waals surface area contributed by atoms with E-state index in [9.17, 15) is 99.0 Å². The van der Waals surface area contributed by atoms with E-state index in [0.29, 0.717) is 0 Å². The van der Waals surface area contributed by atoms with Crippen LogP contribution in [0.25, 0.3) is 22.8 Å². The van der Waals surface area contributed by atoms with Crippen LogP contribution in [0.4, 0.5) is 0 Å². The molecular weight excluding hydrogens is 2610 g/mol. The SMILES string of the molecule is O=C([O-])c1cc(Cl)cc(Cl)c1.O=C([O-])c1cc(Cl)cc(Cl)c1.O=C([O-])c1cc(Cl)cc(Cl)c1.O=C([O-])c1cc(Cl)cc(Cl)c1.O=C([O-])c1cc(Cl)cc(Cl)c1.O=C([O-])c1cc(Cl)cc(Cl)c1.O=C([O-])c1cc(Cl)cc(Cl)c1.O=C([O-])c1cc(Cl)cc(Cl)c1.O=C([O-])c1cc(Cl)cc(Cl)c1.O=C([O-])c1cc(Cl)cc(Cl)c1.[Ho+3].[Ho].[Ni+2].[Ni+3].c1ccc(-c2ccccn2)nc1.c1ccc(-c2ccccn2)nc1. The summed E-state index contributed by atoms with van der Waals surface area (Å²) in [4.78, 5) is 120. The molecule has 10 aromatic carbocycles. The summed E-state index contributed by atoms with van der Waals surface area (Å²) in [6.45, 7) is 0. The maximum atomic E-state index is 10.3. The van der Waals surface area contributed by atoms with E-state index >= 15 is 0 Å². The van der Waals surface area contributed by atoms with E-state index in [2.05, 4.69) is 19.9 Å². The molecule has 0 saturated carbocycles. The van der Waals surface area contributed by atoms with Gasteiger partial charge < -0.3 is 99.0 Å². The summed E-state index contributed by atoms with van der Waals surface area (Å²) in [6.07, 6.45) is 7.07. The van der Waals surface area contributed by atoms with E-state index < -0.39 is 59.7 Å². The summed E-state index contributed by atoms with van der Waals surface area (Å²) < 4.78 is 0. The predicted molar refractivity (Wildman–Crippen MR) is 503 cm³/mol. The van der Waals surface area contributed by atoms with Gasteiger partial charge in [-0.2, -0.15) is 0 Å². The van der Waals surface area contributed by atoms with Crippen molar-refractivity contribution >= 4 is 292 Å². The maximum Gasteiger partial charge on any atom is 3.00 e. The molecule has 0 aliphatic heterocycles. The number of carboxylic acids is 10. The van der Waals surface area contributed by atoms with Crippen molar-refractivity contribution in [2.45, 2.75) is 0 Å². The van der Waals surface area contributed by atoms with Gasteiger partial charge in [0.15, 0.2) is 0 Å². The second kappa shape index (κ2) is 70.5. The van der Waals surface area contributed by atoms with Gasteiger partial charge in [0.1, 0.15) is 0 Å². The van der Waals surface area contributed by atoms with Crippen LogP contribution in [0, 0.1) is 75.5 Å². The smallest absolute Gasteiger partial charge is 0.545 e. The van der Waals surface area contributed by atoms with Crippen molar-refractivity contribution in [3.63, 3.8) is 0 Å². The Kier molecular flexibility index (Phi) is 67.8. The van der Waals surface area contributed by atoms with Crippen LogP contribution in [-0.2, 0) is 33.0 Å². The predicted octanol–water partition coefficient (Wildman–Crippen LogP) is 17.9. The quantitative estimate of drug-likeness (QED) is 0.103. The second-order valence-electron chi connectivity index (χ2n) is 24.3. The molecule has 48 heteroatoms. The Morgan fingerprint density at radius 2 is 0.246 bits per heavy atom. The van der Waals surface area contributed by atoms with Crippen molar-refractivity contribution in [2.24, 2.45) is 0 Å². The van der Waals surface area contributed by atoms with Crippen LogP contribution in [0.1, 0.15) is 104 Å². The number of carbonyl (C=O) groups excluding carboxylic acids is 10. The average molecular weight is 2660 g/mol. The first-order valence-corrected chi connectivity index (χ1v) is 42.8. The Balaban J connectivity index is 0. The maximum absolute atomic E-state index is 10.3. The molecular formula is C90H46Cl20Ho2N4Ni2O20-2. The van der Waals surface area contributed by atoms with Crippen LogP contribution in [0.2, 0.25) is 100 Å². The Labute approximate surface area is 965 Å². The molecule has 24 nitrogen and oxygen atoms in total. The van der Waals surface area contributed by atoms with Crippen molar-refractivity contribution in [2.75, 3.05) is 0 Å². The van der Waals surface area contributed by atoms with E-state index in [1.165, 1.54) is 182 Å². The zero-order valence-corrected chi connectivity index (χ0v) is 88.3. The molecule has 0 saturated heterocycles. The first-order valence-electron chi connectivity index (χ1n) is 35.3. The summed E-state index contributed by atoms with van der Waals surface area (Å²) >= 11 is 110. The number of halogens is 20. The number of benzene rings is 10. The van der Waals surface area contributed by atoms with Crippen LogP contribution < -0.4 is 51.1 Å². The fourth-order valence-corrected chi connectivity index (χ4v) is 14.0. The molecule has 0 aliphatic rings. The van der Waals surface area contributed by atoms with Gasteiger partial charge in [-0.1, -0.05) is 256 Å². The third-order valence-corrected chi connectivity index (χ3v) is 18.5. The molecule has 0 N–H and O–H groups in total. The zero-order valence-electron chi connectivity index (χ0n) is 67.3. The van der Waals surface area contributed by atoms with Crippen LogP contribution in [0.3, 0.4) is 0 Å². The molecule has 14 rings (SSSR count). The van der Waals surface area contributed by atoms with E-state index in [4.69, 9.17) is 232 Å². The topological polar surface area (TPSA) is 453 Å². The normalized spacial score (nSPS) is 9.36. The fourth-order valence-electron chi connectivity index (χ4n) is 8.77. The van der Waals surface area contributed by atoms with Crippen molar-refractivity contribution in [3.8, 4) is 22.8 Å². The minimum atomic E-state index is -1.28. The number of hydrogen-bond acceptors (Lipinski definition) is 24. The van der Waals surface area contributed by atoms with Gasteiger partial charge in [-0.25, -0.2) is 0 Å². The molecule has 14 aromatic rings. The second-order valence-corrected chi connectivity index (χ2v) is 33.0. The number of hydrogen-bond donors (Lipinski definition) is 0. The van der Waals surface area contributed by atoms with Gasteiger partial charge in [-0.3, -0.25) is 19.9 Å². The number of rotatable bonds is 12. The molecule has 0 aliphatic carbocycles. The van der Waals surface area contributed by atoms with Gasteiger partial charge in [0.05, 0.1) is 82.5 Å². The Hall–Kier alpha value is -7.19. The summed E-state index contributed by atoms with van der Waals surface area (Å²) in [5.41, 5.74) is 3.54. The zero-order chi connectivity index (χ0) is 101. The first-order chi connectivity index (χ1) is 62.9. The van der Waals surface area contributed by atoms with Crippen molar-refractivity contribution in [3.05, 3.63) is 436 Å². The number of carbonyl (C=O) groups is 10. The summed E-state index contributed by atoms with van der Waals surface area (Å²) in [5, 5.41) is 109. The third kappa shape index (κ3) is 56.6. The van der Waals surface area contributed by atoms with Crippen molar-refractivity contribution < 1.29 is 207 Å². The average Bonchev–Trinajstić information content (AvgIpc) is 0.901. The third-order valence-electron chi connectivity index (χ3n) is 14.2. The molecule has 138 heavy (non-hydrogen) atoms. The molecule has 0 spiro atoms. The molecule has 2 radical (unpaired) electrons. The van der Waals surface area contributed by atoms with Crippen LogP contribution in [-0.4, -0.2) is 79.6 Å². The first kappa shape index (κ1) is 133. The number of pyridine rings is 4. The Morgan fingerprint density at radius 1 is 0.167 bits per heavy atom. The van der Waals surface area contributed by atoms with Gasteiger partial charge in [-0.05, 0) is 231 Å². The van der Waals surface area contributed by atoms with Crippen LogP contribution in [0.5, 0.6) is 0 Å². The Morgan fingerprint density at radius 3 is 0.304 bits per heavy atom. The molecule has 0 atom stereocenters.